The zero-order valence-electron chi connectivity index (χ0n) is 24.9. The molecule has 1 N–H and O–H groups in total. The van der Waals surface area contributed by atoms with E-state index in [-0.39, 0.29) is 0 Å². The summed E-state index contributed by atoms with van der Waals surface area (Å²) in [4.78, 5) is 3.78. The van der Waals surface area contributed by atoms with Crippen molar-refractivity contribution in [2.24, 2.45) is 5.92 Å². The van der Waals surface area contributed by atoms with Crippen LogP contribution in [0.25, 0.3) is 11.4 Å². The summed E-state index contributed by atoms with van der Waals surface area (Å²) >= 11 is 3.63. The first-order valence-corrected chi connectivity index (χ1v) is 17.2. The smallest absolute Gasteiger partial charge is 0.128 e. The summed E-state index contributed by atoms with van der Waals surface area (Å²) in [7, 11) is -1.64. The Hall–Kier alpha value is -3.26. The van der Waals surface area contributed by atoms with Gasteiger partial charge in [0.2, 0.25) is 0 Å². The Bertz CT molecular complexity index is 1630. The molecule has 1 saturated heterocycles. The first-order valence-electron chi connectivity index (χ1n) is 14.5. The predicted molar refractivity (Wildman–Crippen MR) is 187 cm³/mol. The number of allylic oxidation sites excluding steroid dienone is 2. The van der Waals surface area contributed by atoms with Gasteiger partial charge in [-0.25, -0.2) is 4.68 Å². The topological polar surface area (TPSA) is 36.3 Å². The molecular weight excluding hydrogens is 602 g/mol. The van der Waals surface area contributed by atoms with Crippen molar-refractivity contribution >= 4 is 48.5 Å². The fourth-order valence-electron chi connectivity index (χ4n) is 5.85. The van der Waals surface area contributed by atoms with Gasteiger partial charge in [-0.05, 0) is 102 Å². The van der Waals surface area contributed by atoms with Gasteiger partial charge in [-0.2, -0.15) is 5.10 Å². The highest BCUT2D eigenvalue weighted by atomic mass is 79.9. The molecule has 220 valence electrons. The molecule has 7 heteroatoms. The molecule has 0 aliphatic carbocycles. The summed E-state index contributed by atoms with van der Waals surface area (Å²) in [5.41, 5.74) is 6.78. The van der Waals surface area contributed by atoms with Crippen LogP contribution in [0.1, 0.15) is 29.7 Å². The molecule has 0 spiro atoms. The number of aryl methyl sites for hydroxylation is 1. The molecule has 2 aromatic carbocycles. The average molecular weight is 645 g/mol. The molecule has 1 aromatic heterocycles. The molecule has 0 radical (unpaired) electrons. The second-order valence-corrected chi connectivity index (χ2v) is 14.9. The van der Waals surface area contributed by atoms with Crippen molar-refractivity contribution < 1.29 is 0 Å². The Kier molecular flexibility index (Phi) is 9.31. The van der Waals surface area contributed by atoms with Crippen molar-refractivity contribution in [1.82, 2.24) is 24.3 Å². The molecule has 3 heterocycles. The Morgan fingerprint density at radius 3 is 2.57 bits per heavy atom. The molecule has 0 amide bonds. The molecule has 5 rings (SSSR count). The highest BCUT2D eigenvalue weighted by Crippen LogP contribution is 2.42. The first-order chi connectivity index (χ1) is 20.1. The van der Waals surface area contributed by atoms with Gasteiger partial charge in [-0.15, -0.1) is 9.39 Å². The molecule has 2 aliphatic heterocycles. The van der Waals surface area contributed by atoms with Crippen LogP contribution < -0.4 is 5.32 Å². The molecule has 0 bridgehead atoms. The largest absolute Gasteiger partial charge is 0.370 e. The van der Waals surface area contributed by atoms with Gasteiger partial charge in [0.05, 0.1) is 22.9 Å². The lowest BCUT2D eigenvalue weighted by molar-refractivity contribution is 0.182. The normalized spacial score (nSPS) is 18.3. The van der Waals surface area contributed by atoms with E-state index in [2.05, 4.69) is 135 Å². The molecule has 1 atom stereocenters. The van der Waals surface area contributed by atoms with E-state index in [1.54, 1.807) is 0 Å². The van der Waals surface area contributed by atoms with E-state index < -0.39 is 9.39 Å². The minimum Gasteiger partial charge on any atom is -0.370 e. The third-order valence-corrected chi connectivity index (χ3v) is 11.3. The fraction of sp³-hybridized carbons (Fsp3) is 0.286. The van der Waals surface area contributed by atoms with Crippen molar-refractivity contribution in [2.45, 2.75) is 31.6 Å². The Morgan fingerprint density at radius 1 is 1.12 bits per heavy atom. The molecule has 42 heavy (non-hydrogen) atoms. The number of benzene rings is 2. The van der Waals surface area contributed by atoms with E-state index in [1.165, 1.54) is 29.0 Å². The van der Waals surface area contributed by atoms with E-state index in [0.717, 1.165) is 65.4 Å². The van der Waals surface area contributed by atoms with Crippen LogP contribution in [0.4, 0.5) is 0 Å². The third-order valence-electron chi connectivity index (χ3n) is 8.18. The van der Waals surface area contributed by atoms with Crippen LogP contribution in [0.3, 0.4) is 0 Å². The summed E-state index contributed by atoms with van der Waals surface area (Å²) in [5, 5.41) is 8.41. The van der Waals surface area contributed by atoms with Gasteiger partial charge < -0.3 is 9.62 Å². The van der Waals surface area contributed by atoms with E-state index >= 15 is 0 Å². The lowest BCUT2D eigenvalue weighted by Crippen LogP contribution is -2.41. The zero-order chi connectivity index (χ0) is 29.9. The summed E-state index contributed by atoms with van der Waals surface area (Å²) in [5.74, 6) is 10.7. The molecule has 1 unspecified atom stereocenters. The fourth-order valence-corrected chi connectivity index (χ4v) is 8.00. The number of hydrogen-bond acceptors (Lipinski definition) is 4. The van der Waals surface area contributed by atoms with E-state index in [1.807, 2.05) is 16.9 Å². The number of nitrogens with one attached hydrogen (secondary N) is 1. The SMILES string of the molecule is C=C1C=C(CN2CCCC(CN/C(=C/C(=C)c3ccccc3C)n3ncc(Br)c3C)C2)N(S(=C)(=C)c2ccccc2)C1. The maximum Gasteiger partial charge on any atom is 0.128 e. The van der Waals surface area contributed by atoms with Crippen LogP contribution in [-0.2, 0) is 0 Å². The molecule has 3 aromatic rings. The molecule has 0 saturated carbocycles. The number of aromatic nitrogens is 2. The van der Waals surface area contributed by atoms with Gasteiger partial charge in [0.1, 0.15) is 5.82 Å². The summed E-state index contributed by atoms with van der Waals surface area (Å²) in [6.45, 7) is 17.6. The third kappa shape index (κ3) is 6.69. The van der Waals surface area contributed by atoms with Gasteiger partial charge >= 0.3 is 0 Å². The number of piperidine rings is 1. The minimum absolute atomic E-state index is 0.512. The first kappa shape index (κ1) is 30.2. The number of likely N-dealkylation sites (tertiary alicyclic amines) is 1. The summed E-state index contributed by atoms with van der Waals surface area (Å²) in [6, 6.07) is 18.9. The van der Waals surface area contributed by atoms with Gasteiger partial charge in [0.15, 0.2) is 0 Å². The lowest BCUT2D eigenvalue weighted by atomic mass is 9.97. The maximum atomic E-state index is 4.65. The van der Waals surface area contributed by atoms with E-state index in [0.29, 0.717) is 5.92 Å². The van der Waals surface area contributed by atoms with Gasteiger partial charge in [0.25, 0.3) is 0 Å². The Morgan fingerprint density at radius 2 is 1.86 bits per heavy atom. The Balaban J connectivity index is 1.29. The summed E-state index contributed by atoms with van der Waals surface area (Å²) < 4.78 is 5.36. The predicted octanol–water partition coefficient (Wildman–Crippen LogP) is 7.47. The minimum atomic E-state index is -1.64. The van der Waals surface area contributed by atoms with Crippen LogP contribution >= 0.6 is 25.3 Å². The van der Waals surface area contributed by atoms with Crippen LogP contribution in [0.15, 0.2) is 107 Å². The van der Waals surface area contributed by atoms with Crippen molar-refractivity contribution in [3.05, 3.63) is 119 Å². The van der Waals surface area contributed by atoms with Gasteiger partial charge in [-0.1, -0.05) is 67.4 Å². The number of nitrogens with zero attached hydrogens (tertiary/aromatic N) is 4. The van der Waals surface area contributed by atoms with Crippen LogP contribution in [0, 0.1) is 19.8 Å². The van der Waals surface area contributed by atoms with Gasteiger partial charge in [0, 0.05) is 30.2 Å². The van der Waals surface area contributed by atoms with Crippen molar-refractivity contribution in [3.8, 4) is 0 Å². The van der Waals surface area contributed by atoms with Crippen molar-refractivity contribution in [2.75, 3.05) is 32.7 Å². The van der Waals surface area contributed by atoms with Gasteiger partial charge in [-0.3, -0.25) is 4.90 Å². The highest BCUT2D eigenvalue weighted by Gasteiger charge is 2.27. The highest BCUT2D eigenvalue weighted by molar-refractivity contribution is 9.10. The Labute approximate surface area is 260 Å². The monoisotopic (exact) mass is 643 g/mol. The maximum absolute atomic E-state index is 4.65. The van der Waals surface area contributed by atoms with Crippen LogP contribution in [0.5, 0.6) is 0 Å². The number of rotatable bonds is 10. The van der Waals surface area contributed by atoms with Crippen molar-refractivity contribution in [3.63, 3.8) is 0 Å². The van der Waals surface area contributed by atoms with E-state index in [9.17, 15) is 0 Å². The quantitative estimate of drug-likeness (QED) is 0.184. The number of hydrogen-bond donors (Lipinski definition) is 1. The van der Waals surface area contributed by atoms with Crippen molar-refractivity contribution in [1.29, 1.82) is 0 Å². The van der Waals surface area contributed by atoms with Crippen LogP contribution in [-0.4, -0.2) is 63.5 Å². The van der Waals surface area contributed by atoms with Crippen LogP contribution in [0.2, 0.25) is 0 Å². The molecule has 1 fully saturated rings. The average Bonchev–Trinajstić information content (AvgIpc) is 3.52. The molecular formula is C35H42BrN5S. The molecule has 2 aliphatic rings. The standard InChI is InChI=1S/C35H42BrN5S/c1-26-19-31(40(23-26)42(5,6)32-15-8-7-9-16-32)25-39-18-12-14-30(24-39)21-37-35(41-29(4)34(36)22-38-41)20-28(3)33-17-11-10-13-27(33)2/h7-11,13,15-17,19-20,22,30,37H,1,3,5-6,12,14,18,21,23-25H2,2,4H3/b35-20-. The molecule has 5 nitrogen and oxygen atoms in total. The zero-order valence-corrected chi connectivity index (χ0v) is 27.3. The number of halogens is 1. The second-order valence-electron chi connectivity index (χ2n) is 11.5. The summed E-state index contributed by atoms with van der Waals surface area (Å²) in [6.07, 6.45) is 8.58. The lowest BCUT2D eigenvalue weighted by Gasteiger charge is -2.37. The van der Waals surface area contributed by atoms with E-state index in [4.69, 9.17) is 0 Å². The second kappa shape index (κ2) is 12.9.